The van der Waals surface area contributed by atoms with Crippen molar-refractivity contribution in [2.45, 2.75) is 13.8 Å². The van der Waals surface area contributed by atoms with Crippen LogP contribution in [-0.4, -0.2) is 10.2 Å². The summed E-state index contributed by atoms with van der Waals surface area (Å²) in [6.07, 6.45) is 0. The van der Waals surface area contributed by atoms with Crippen molar-refractivity contribution in [1.29, 1.82) is 0 Å². The molecule has 0 atom stereocenters. The molecule has 5 heteroatoms. The quantitative estimate of drug-likeness (QED) is 0.819. The number of nitrogens with zero attached hydrogens (tertiary/aromatic N) is 2. The predicted octanol–water partition coefficient (Wildman–Crippen LogP) is 4.19. The summed E-state index contributed by atoms with van der Waals surface area (Å²) in [5.74, 6) is 1.09. The van der Waals surface area contributed by atoms with Gasteiger partial charge in [0.15, 0.2) is 16.1 Å². The van der Waals surface area contributed by atoms with Crippen LogP contribution < -0.4 is 4.74 Å². The molecular formula is C12H10Cl2N2O. The maximum Gasteiger partial charge on any atom is 0.194 e. The third-order valence-electron chi connectivity index (χ3n) is 2.39. The van der Waals surface area contributed by atoms with E-state index in [2.05, 4.69) is 10.2 Å². The highest BCUT2D eigenvalue weighted by Gasteiger charge is 2.07. The molecule has 1 aromatic carbocycles. The van der Waals surface area contributed by atoms with Crippen molar-refractivity contribution in [2.75, 3.05) is 0 Å². The van der Waals surface area contributed by atoms with Gasteiger partial charge in [0.2, 0.25) is 0 Å². The second-order valence-corrected chi connectivity index (χ2v) is 4.42. The van der Waals surface area contributed by atoms with E-state index >= 15 is 0 Å². The Morgan fingerprint density at radius 3 is 2.47 bits per heavy atom. The molecule has 88 valence electrons. The van der Waals surface area contributed by atoms with Gasteiger partial charge in [0, 0.05) is 6.07 Å². The summed E-state index contributed by atoms with van der Waals surface area (Å²) in [6, 6.07) is 7.31. The molecule has 0 saturated carbocycles. The van der Waals surface area contributed by atoms with Crippen LogP contribution in [0, 0.1) is 13.8 Å². The second-order valence-electron chi connectivity index (χ2n) is 3.67. The summed E-state index contributed by atoms with van der Waals surface area (Å²) in [7, 11) is 0. The summed E-state index contributed by atoms with van der Waals surface area (Å²) < 4.78 is 5.61. The van der Waals surface area contributed by atoms with E-state index in [9.17, 15) is 0 Å². The molecule has 0 fully saturated rings. The van der Waals surface area contributed by atoms with Gasteiger partial charge < -0.3 is 4.74 Å². The summed E-state index contributed by atoms with van der Waals surface area (Å²) >= 11 is 11.6. The van der Waals surface area contributed by atoms with Crippen LogP contribution in [0.3, 0.4) is 0 Å². The van der Waals surface area contributed by atoms with Crippen LogP contribution in [-0.2, 0) is 0 Å². The number of ether oxygens (including phenoxy) is 1. The number of aromatic nitrogens is 2. The van der Waals surface area contributed by atoms with E-state index in [0.29, 0.717) is 11.5 Å². The Balaban J connectivity index is 2.31. The predicted molar refractivity (Wildman–Crippen MR) is 68.0 cm³/mol. The van der Waals surface area contributed by atoms with Crippen LogP contribution in [0.15, 0.2) is 24.3 Å². The van der Waals surface area contributed by atoms with Gasteiger partial charge in [-0.25, -0.2) is 0 Å². The Bertz CT molecular complexity index is 558. The molecule has 0 spiro atoms. The van der Waals surface area contributed by atoms with Gasteiger partial charge in [0.1, 0.15) is 5.75 Å². The number of rotatable bonds is 2. The third kappa shape index (κ3) is 2.87. The van der Waals surface area contributed by atoms with E-state index in [-0.39, 0.29) is 10.3 Å². The number of hydrogen-bond acceptors (Lipinski definition) is 3. The van der Waals surface area contributed by atoms with Gasteiger partial charge in [-0.2, -0.15) is 0 Å². The van der Waals surface area contributed by atoms with Crippen LogP contribution in [0.2, 0.25) is 10.3 Å². The van der Waals surface area contributed by atoms with Gasteiger partial charge >= 0.3 is 0 Å². The van der Waals surface area contributed by atoms with E-state index < -0.39 is 0 Å². The van der Waals surface area contributed by atoms with Crippen molar-refractivity contribution < 1.29 is 4.74 Å². The molecule has 0 aliphatic heterocycles. The van der Waals surface area contributed by atoms with Gasteiger partial charge in [0.25, 0.3) is 0 Å². The van der Waals surface area contributed by atoms with E-state index in [1.54, 1.807) is 0 Å². The summed E-state index contributed by atoms with van der Waals surface area (Å²) in [6.45, 7) is 4.05. The molecule has 2 rings (SSSR count). The smallest absolute Gasteiger partial charge is 0.194 e. The Hall–Kier alpha value is -1.32. The zero-order valence-corrected chi connectivity index (χ0v) is 10.9. The molecule has 0 aliphatic rings. The molecule has 0 N–H and O–H groups in total. The van der Waals surface area contributed by atoms with Gasteiger partial charge in [0.05, 0.1) is 0 Å². The minimum absolute atomic E-state index is 0.188. The van der Waals surface area contributed by atoms with Crippen molar-refractivity contribution >= 4 is 23.2 Å². The molecule has 0 saturated heterocycles. The molecule has 3 nitrogen and oxygen atoms in total. The number of aryl methyl sites for hydroxylation is 2. The summed E-state index contributed by atoms with van der Waals surface area (Å²) in [5.41, 5.74) is 2.35. The van der Waals surface area contributed by atoms with Gasteiger partial charge in [-0.05, 0) is 37.1 Å². The van der Waals surface area contributed by atoms with Crippen molar-refractivity contribution in [3.8, 4) is 11.5 Å². The zero-order chi connectivity index (χ0) is 12.4. The summed E-state index contributed by atoms with van der Waals surface area (Å²) in [4.78, 5) is 0. The third-order valence-corrected chi connectivity index (χ3v) is 2.84. The molecule has 2 aromatic rings. The lowest BCUT2D eigenvalue weighted by atomic mass is 10.1. The van der Waals surface area contributed by atoms with Crippen LogP contribution >= 0.6 is 23.2 Å². The van der Waals surface area contributed by atoms with Crippen molar-refractivity contribution in [3.05, 3.63) is 45.7 Å². The fourth-order valence-corrected chi connectivity index (χ4v) is 1.58. The first-order valence-corrected chi connectivity index (χ1v) is 5.75. The first kappa shape index (κ1) is 12.1. The Labute approximate surface area is 109 Å². The highest BCUT2D eigenvalue weighted by Crippen LogP contribution is 2.29. The lowest BCUT2D eigenvalue weighted by Gasteiger charge is -2.08. The lowest BCUT2D eigenvalue weighted by molar-refractivity contribution is 0.478. The molecule has 0 aliphatic carbocycles. The maximum atomic E-state index is 5.86. The van der Waals surface area contributed by atoms with E-state index in [4.69, 9.17) is 27.9 Å². The molecule has 0 amide bonds. The van der Waals surface area contributed by atoms with Crippen LogP contribution in [0.4, 0.5) is 0 Å². The topological polar surface area (TPSA) is 35.0 Å². The van der Waals surface area contributed by atoms with E-state index in [1.807, 2.05) is 32.0 Å². The molecule has 0 unspecified atom stereocenters. The minimum Gasteiger partial charge on any atom is -0.454 e. The van der Waals surface area contributed by atoms with Crippen LogP contribution in [0.25, 0.3) is 0 Å². The Morgan fingerprint density at radius 2 is 1.76 bits per heavy atom. The first-order chi connectivity index (χ1) is 8.06. The first-order valence-electron chi connectivity index (χ1n) is 5.00. The van der Waals surface area contributed by atoms with Gasteiger partial charge in [-0.3, -0.25) is 0 Å². The molecule has 0 radical (unpaired) electrons. The summed E-state index contributed by atoms with van der Waals surface area (Å²) in [5, 5.41) is 7.72. The Kier molecular flexibility index (Phi) is 3.50. The van der Waals surface area contributed by atoms with Gasteiger partial charge in [-0.15, -0.1) is 10.2 Å². The highest BCUT2D eigenvalue weighted by molar-refractivity contribution is 6.32. The number of halogens is 2. The minimum atomic E-state index is 0.188. The molecule has 1 aromatic heterocycles. The average Bonchev–Trinajstić information content (AvgIpc) is 2.29. The molecule has 1 heterocycles. The van der Waals surface area contributed by atoms with Crippen molar-refractivity contribution in [1.82, 2.24) is 10.2 Å². The van der Waals surface area contributed by atoms with E-state index in [1.165, 1.54) is 11.6 Å². The Morgan fingerprint density at radius 1 is 1.00 bits per heavy atom. The number of hydrogen-bond donors (Lipinski definition) is 0. The standard InChI is InChI=1S/C12H10Cl2N2O/c1-7-3-4-9(5-8(7)2)17-10-6-11(13)15-16-12(10)14/h3-6H,1-2H3. The molecular weight excluding hydrogens is 259 g/mol. The maximum absolute atomic E-state index is 5.86. The highest BCUT2D eigenvalue weighted by atomic mass is 35.5. The fourth-order valence-electron chi connectivity index (χ4n) is 1.31. The average molecular weight is 269 g/mol. The second kappa shape index (κ2) is 4.90. The fraction of sp³-hybridized carbons (Fsp3) is 0.167. The normalized spacial score (nSPS) is 10.4. The lowest BCUT2D eigenvalue weighted by Crippen LogP contribution is -1.91. The largest absolute Gasteiger partial charge is 0.454 e. The van der Waals surface area contributed by atoms with Gasteiger partial charge in [-0.1, -0.05) is 29.3 Å². The van der Waals surface area contributed by atoms with Crippen LogP contribution in [0.5, 0.6) is 11.5 Å². The number of benzene rings is 1. The molecule has 0 bridgehead atoms. The van der Waals surface area contributed by atoms with Crippen LogP contribution in [0.1, 0.15) is 11.1 Å². The zero-order valence-electron chi connectivity index (χ0n) is 9.37. The van der Waals surface area contributed by atoms with Crippen molar-refractivity contribution in [2.24, 2.45) is 0 Å². The van der Waals surface area contributed by atoms with E-state index in [0.717, 1.165) is 5.56 Å². The SMILES string of the molecule is Cc1ccc(Oc2cc(Cl)nnc2Cl)cc1C. The monoisotopic (exact) mass is 268 g/mol. The molecule has 17 heavy (non-hydrogen) atoms. The van der Waals surface area contributed by atoms with Crippen molar-refractivity contribution in [3.63, 3.8) is 0 Å².